The Morgan fingerprint density at radius 1 is 1.20 bits per heavy atom. The van der Waals surface area contributed by atoms with Crippen molar-refractivity contribution in [1.29, 1.82) is 0 Å². The van der Waals surface area contributed by atoms with Gasteiger partial charge in [-0.15, -0.1) is 0 Å². The van der Waals surface area contributed by atoms with Gasteiger partial charge in [-0.05, 0) is 46.2 Å². The molecule has 0 spiro atoms. The molecule has 1 saturated carbocycles. The van der Waals surface area contributed by atoms with E-state index >= 15 is 0 Å². The van der Waals surface area contributed by atoms with Gasteiger partial charge in [0.2, 0.25) is 0 Å². The summed E-state index contributed by atoms with van der Waals surface area (Å²) in [6.07, 6.45) is -1.36. The van der Waals surface area contributed by atoms with Gasteiger partial charge in [0.15, 0.2) is 0 Å². The summed E-state index contributed by atoms with van der Waals surface area (Å²) < 4.78 is 38.4. The summed E-state index contributed by atoms with van der Waals surface area (Å²) in [6.45, 7) is 2.36. The monoisotopic (exact) mass is 293 g/mol. The minimum Gasteiger partial charge on any atom is -0.329 e. The van der Waals surface area contributed by atoms with E-state index < -0.39 is 12.1 Å². The molecule has 3 nitrogen and oxygen atoms in total. The Kier molecular flexibility index (Phi) is 4.66. The van der Waals surface area contributed by atoms with Crippen LogP contribution in [0.4, 0.5) is 13.2 Å². The van der Waals surface area contributed by atoms with Crippen LogP contribution in [0.15, 0.2) is 0 Å². The van der Waals surface area contributed by atoms with E-state index in [9.17, 15) is 13.2 Å². The SMILES string of the molecule is CN(C)C1CCN(C2(CN)CCC(C(F)(F)F)CC2)C1. The van der Waals surface area contributed by atoms with Gasteiger partial charge in [0.1, 0.15) is 0 Å². The summed E-state index contributed by atoms with van der Waals surface area (Å²) in [6, 6.07) is 0.499. The van der Waals surface area contributed by atoms with Gasteiger partial charge < -0.3 is 10.6 Å². The number of nitrogens with zero attached hydrogens (tertiary/aromatic N) is 2. The third-order valence-corrected chi connectivity index (χ3v) is 5.32. The molecule has 1 atom stereocenters. The fourth-order valence-corrected chi connectivity index (χ4v) is 3.73. The number of likely N-dealkylation sites (tertiary alicyclic amines) is 1. The largest absolute Gasteiger partial charge is 0.391 e. The van der Waals surface area contributed by atoms with Crippen LogP contribution in [0.3, 0.4) is 0 Å². The zero-order valence-electron chi connectivity index (χ0n) is 12.4. The quantitative estimate of drug-likeness (QED) is 0.864. The minimum atomic E-state index is -4.04. The normalized spacial score (nSPS) is 36.8. The number of rotatable bonds is 3. The Balaban J connectivity index is 1.99. The number of halogens is 3. The number of hydrogen-bond donors (Lipinski definition) is 1. The van der Waals surface area contributed by atoms with Crippen LogP contribution in [-0.2, 0) is 0 Å². The van der Waals surface area contributed by atoms with Crippen LogP contribution in [0.25, 0.3) is 0 Å². The average molecular weight is 293 g/mol. The topological polar surface area (TPSA) is 32.5 Å². The van der Waals surface area contributed by atoms with E-state index in [0.717, 1.165) is 19.5 Å². The van der Waals surface area contributed by atoms with Gasteiger partial charge in [-0.2, -0.15) is 13.2 Å². The molecular weight excluding hydrogens is 267 g/mol. The Morgan fingerprint density at radius 2 is 1.80 bits per heavy atom. The van der Waals surface area contributed by atoms with Crippen molar-refractivity contribution in [3.05, 3.63) is 0 Å². The number of nitrogens with two attached hydrogens (primary N) is 1. The van der Waals surface area contributed by atoms with Crippen molar-refractivity contribution in [3.8, 4) is 0 Å². The first-order valence-corrected chi connectivity index (χ1v) is 7.47. The van der Waals surface area contributed by atoms with Crippen molar-refractivity contribution in [3.63, 3.8) is 0 Å². The maximum atomic E-state index is 12.8. The van der Waals surface area contributed by atoms with Crippen molar-refractivity contribution in [2.45, 2.75) is 49.9 Å². The average Bonchev–Trinajstić information content (AvgIpc) is 2.88. The Morgan fingerprint density at radius 3 is 2.20 bits per heavy atom. The highest BCUT2D eigenvalue weighted by Gasteiger charge is 2.48. The Hall–Kier alpha value is -0.330. The molecule has 1 aliphatic heterocycles. The molecule has 20 heavy (non-hydrogen) atoms. The lowest BCUT2D eigenvalue weighted by Crippen LogP contribution is -2.56. The molecule has 1 heterocycles. The lowest BCUT2D eigenvalue weighted by Gasteiger charge is -2.46. The number of alkyl halides is 3. The molecule has 1 aliphatic carbocycles. The fraction of sp³-hybridized carbons (Fsp3) is 1.00. The van der Waals surface area contributed by atoms with Crippen molar-refractivity contribution < 1.29 is 13.2 Å². The van der Waals surface area contributed by atoms with Gasteiger partial charge in [-0.1, -0.05) is 0 Å². The van der Waals surface area contributed by atoms with E-state index in [1.165, 1.54) is 0 Å². The Bertz CT molecular complexity index is 322. The van der Waals surface area contributed by atoms with Crippen LogP contribution >= 0.6 is 0 Å². The highest BCUT2D eigenvalue weighted by atomic mass is 19.4. The van der Waals surface area contributed by atoms with Crippen LogP contribution in [0.5, 0.6) is 0 Å². The zero-order valence-corrected chi connectivity index (χ0v) is 12.4. The van der Waals surface area contributed by atoms with E-state index in [1.807, 2.05) is 0 Å². The highest BCUT2D eigenvalue weighted by Crippen LogP contribution is 2.44. The smallest absolute Gasteiger partial charge is 0.329 e. The fourth-order valence-electron chi connectivity index (χ4n) is 3.73. The summed E-state index contributed by atoms with van der Waals surface area (Å²) in [5, 5.41) is 0. The molecule has 0 aromatic rings. The highest BCUT2D eigenvalue weighted by molar-refractivity contribution is 5.00. The van der Waals surface area contributed by atoms with E-state index in [4.69, 9.17) is 5.73 Å². The molecular formula is C14H26F3N3. The minimum absolute atomic E-state index is 0.202. The molecule has 1 saturated heterocycles. The van der Waals surface area contributed by atoms with E-state index in [-0.39, 0.29) is 18.4 Å². The summed E-state index contributed by atoms with van der Waals surface area (Å²) in [4.78, 5) is 4.55. The first kappa shape index (κ1) is 16.0. The van der Waals surface area contributed by atoms with Crippen molar-refractivity contribution in [2.75, 3.05) is 33.7 Å². The number of likely N-dealkylation sites (N-methyl/N-ethyl adjacent to an activating group) is 1. The Labute approximate surface area is 119 Å². The number of hydrogen-bond acceptors (Lipinski definition) is 3. The molecule has 2 rings (SSSR count). The molecule has 0 amide bonds. The molecule has 0 radical (unpaired) electrons. The van der Waals surface area contributed by atoms with Crippen molar-refractivity contribution in [1.82, 2.24) is 9.80 Å². The maximum absolute atomic E-state index is 12.8. The summed E-state index contributed by atoms with van der Waals surface area (Å²) in [7, 11) is 4.12. The molecule has 0 bridgehead atoms. The van der Waals surface area contributed by atoms with E-state index in [2.05, 4.69) is 23.9 Å². The second-order valence-electron chi connectivity index (χ2n) is 6.60. The molecule has 0 aromatic heterocycles. The standard InChI is InChI=1S/C14H26F3N3/c1-19(2)12-5-8-20(9-12)13(10-18)6-3-11(4-7-13)14(15,16)17/h11-12H,3-10,18H2,1-2H3. The van der Waals surface area contributed by atoms with Crippen LogP contribution in [0.2, 0.25) is 0 Å². The lowest BCUT2D eigenvalue weighted by atomic mass is 9.75. The maximum Gasteiger partial charge on any atom is 0.391 e. The van der Waals surface area contributed by atoms with Gasteiger partial charge >= 0.3 is 6.18 Å². The van der Waals surface area contributed by atoms with Gasteiger partial charge in [-0.3, -0.25) is 4.90 Å². The van der Waals surface area contributed by atoms with Crippen LogP contribution in [0, 0.1) is 5.92 Å². The van der Waals surface area contributed by atoms with Crippen molar-refractivity contribution in [2.24, 2.45) is 11.7 Å². The molecule has 2 N–H and O–H groups in total. The molecule has 1 unspecified atom stereocenters. The second-order valence-corrected chi connectivity index (χ2v) is 6.60. The third-order valence-electron chi connectivity index (χ3n) is 5.32. The third kappa shape index (κ3) is 3.12. The van der Waals surface area contributed by atoms with E-state index in [0.29, 0.717) is 25.4 Å². The second kappa shape index (κ2) is 5.81. The van der Waals surface area contributed by atoms with Crippen LogP contribution in [0.1, 0.15) is 32.1 Å². The first-order chi connectivity index (χ1) is 9.28. The first-order valence-electron chi connectivity index (χ1n) is 7.47. The predicted octanol–water partition coefficient (Wildman–Crippen LogP) is 2.07. The van der Waals surface area contributed by atoms with Crippen molar-refractivity contribution >= 4 is 0 Å². The van der Waals surface area contributed by atoms with Gasteiger partial charge in [0.25, 0.3) is 0 Å². The molecule has 2 fully saturated rings. The summed E-state index contributed by atoms with van der Waals surface area (Å²) >= 11 is 0. The zero-order chi connectivity index (χ0) is 15.0. The predicted molar refractivity (Wildman–Crippen MR) is 73.5 cm³/mol. The van der Waals surface area contributed by atoms with Gasteiger partial charge in [-0.25, -0.2) is 0 Å². The molecule has 0 aromatic carbocycles. The summed E-state index contributed by atoms with van der Waals surface area (Å²) in [5.41, 5.74) is 5.76. The van der Waals surface area contributed by atoms with Gasteiger partial charge in [0, 0.05) is 31.2 Å². The molecule has 2 aliphatic rings. The summed E-state index contributed by atoms with van der Waals surface area (Å²) in [5.74, 6) is -1.13. The van der Waals surface area contributed by atoms with Crippen LogP contribution in [-0.4, -0.2) is 61.3 Å². The van der Waals surface area contributed by atoms with E-state index in [1.54, 1.807) is 0 Å². The lowest BCUT2D eigenvalue weighted by molar-refractivity contribution is -0.188. The van der Waals surface area contributed by atoms with Crippen LogP contribution < -0.4 is 5.73 Å². The molecule has 118 valence electrons. The van der Waals surface area contributed by atoms with Gasteiger partial charge in [0.05, 0.1) is 5.92 Å². The molecule has 6 heteroatoms.